The molecule has 8 nitrogen and oxygen atoms in total. The van der Waals surface area contributed by atoms with Crippen LogP contribution in [0, 0.1) is 5.82 Å². The van der Waals surface area contributed by atoms with Gasteiger partial charge in [-0.15, -0.1) is 0 Å². The highest BCUT2D eigenvalue weighted by Gasteiger charge is 2.35. The molecule has 0 radical (unpaired) electrons. The van der Waals surface area contributed by atoms with Gasteiger partial charge < -0.3 is 24.1 Å². The van der Waals surface area contributed by atoms with Crippen molar-refractivity contribution in [3.05, 3.63) is 53.2 Å². The van der Waals surface area contributed by atoms with Crippen LogP contribution in [0.3, 0.4) is 0 Å². The van der Waals surface area contributed by atoms with E-state index in [1.54, 1.807) is 20.8 Å². The Morgan fingerprint density at radius 2 is 1.81 bits per heavy atom. The predicted molar refractivity (Wildman–Crippen MR) is 124 cm³/mol. The second kappa shape index (κ2) is 10.0. The van der Waals surface area contributed by atoms with Crippen LogP contribution in [-0.2, 0) is 22.2 Å². The van der Waals surface area contributed by atoms with Crippen LogP contribution in [0.4, 0.5) is 22.4 Å². The number of amides is 2. The Kier molecular flexibility index (Phi) is 7.13. The van der Waals surface area contributed by atoms with Crippen LogP contribution in [0.1, 0.15) is 42.6 Å². The Morgan fingerprint density at radius 3 is 2.46 bits per heavy atom. The average molecular weight is 523 g/mol. The number of furan rings is 1. The molecule has 1 N–H and O–H groups in total. The minimum atomic E-state index is -4.78. The van der Waals surface area contributed by atoms with Crippen molar-refractivity contribution in [3.8, 4) is 11.3 Å². The molecule has 37 heavy (non-hydrogen) atoms. The highest BCUT2D eigenvalue weighted by molar-refractivity contribution is 5.94. The van der Waals surface area contributed by atoms with Crippen LogP contribution in [0.25, 0.3) is 22.2 Å². The second-order valence-electron chi connectivity index (χ2n) is 9.44. The Labute approximate surface area is 209 Å². The smallest absolute Gasteiger partial charge is 0.420 e. The summed E-state index contributed by atoms with van der Waals surface area (Å²) in [5.41, 5.74) is -2.73. The average Bonchev–Trinajstić information content (AvgIpc) is 3.24. The number of ether oxygens (including phenoxy) is 2. The summed E-state index contributed by atoms with van der Waals surface area (Å²) in [5, 5.41) is 2.53. The molecule has 0 unspecified atom stereocenters. The minimum Gasteiger partial charge on any atom is -0.459 e. The lowest BCUT2D eigenvalue weighted by Gasteiger charge is -2.26. The molecular formula is C25H25F4N3O5. The van der Waals surface area contributed by atoms with Crippen LogP contribution < -0.4 is 5.32 Å². The molecule has 2 amide bonds. The summed E-state index contributed by atoms with van der Waals surface area (Å²) in [5.74, 6) is -1.48. The summed E-state index contributed by atoms with van der Waals surface area (Å²) in [6.07, 6.45) is -5.54. The number of fused-ring (bicyclic) bond motifs is 1. The number of halogens is 4. The number of aromatic nitrogens is 1. The number of nitrogens with one attached hydrogen (secondary N) is 1. The maximum atomic E-state index is 14.5. The quantitative estimate of drug-likeness (QED) is 0.476. The van der Waals surface area contributed by atoms with E-state index in [2.05, 4.69) is 10.3 Å². The summed E-state index contributed by atoms with van der Waals surface area (Å²) < 4.78 is 72.0. The van der Waals surface area contributed by atoms with Crippen LogP contribution >= 0.6 is 0 Å². The van der Waals surface area contributed by atoms with E-state index in [-0.39, 0.29) is 42.0 Å². The Balaban J connectivity index is 1.68. The fourth-order valence-electron chi connectivity index (χ4n) is 3.79. The van der Waals surface area contributed by atoms with Crippen molar-refractivity contribution in [2.75, 3.05) is 26.3 Å². The third-order valence-corrected chi connectivity index (χ3v) is 5.42. The predicted octanol–water partition coefficient (Wildman–Crippen LogP) is 5.15. The van der Waals surface area contributed by atoms with Gasteiger partial charge in [-0.1, -0.05) is 0 Å². The first-order valence-corrected chi connectivity index (χ1v) is 11.5. The SMILES string of the molecule is CC(C)(C)OC(=O)NCc1cc2cc(-c3ccc(F)c(C(=O)N4CCOCC4)n3)cc(C(F)(F)F)c2o1. The normalized spacial score (nSPS) is 14.6. The Hall–Kier alpha value is -3.67. The summed E-state index contributed by atoms with van der Waals surface area (Å²) in [4.78, 5) is 30.1. The Bertz CT molecular complexity index is 1320. The maximum absolute atomic E-state index is 14.5. The summed E-state index contributed by atoms with van der Waals surface area (Å²) >= 11 is 0. The van der Waals surface area contributed by atoms with Crippen LogP contribution in [0.15, 0.2) is 34.7 Å². The molecule has 0 spiro atoms. The van der Waals surface area contributed by atoms with E-state index in [9.17, 15) is 27.2 Å². The van der Waals surface area contributed by atoms with Gasteiger partial charge in [-0.3, -0.25) is 4.79 Å². The van der Waals surface area contributed by atoms with E-state index in [0.29, 0.717) is 13.2 Å². The van der Waals surface area contributed by atoms with Crippen molar-refractivity contribution >= 4 is 23.0 Å². The first kappa shape index (κ1) is 26.4. The number of hydrogen-bond donors (Lipinski definition) is 1. The van der Waals surface area contributed by atoms with E-state index in [0.717, 1.165) is 12.1 Å². The standard InChI is InChI=1S/C25H25F4N3O5/c1-24(2,3)37-23(34)30-13-16-11-15-10-14(12-17(21(15)36-16)25(27,28)29)19-5-4-18(26)20(31-19)22(33)32-6-8-35-9-7-32/h4-5,10-12H,6-9,13H2,1-3H3,(H,30,34). The first-order chi connectivity index (χ1) is 17.3. The van der Waals surface area contributed by atoms with Crippen LogP contribution in [0.2, 0.25) is 0 Å². The monoisotopic (exact) mass is 523 g/mol. The zero-order valence-corrected chi connectivity index (χ0v) is 20.4. The van der Waals surface area contributed by atoms with Crippen molar-refractivity contribution in [1.29, 1.82) is 0 Å². The molecule has 0 atom stereocenters. The topological polar surface area (TPSA) is 93.9 Å². The number of pyridine rings is 1. The van der Waals surface area contributed by atoms with Crippen molar-refractivity contribution in [2.24, 2.45) is 0 Å². The molecule has 12 heteroatoms. The van der Waals surface area contributed by atoms with E-state index in [1.807, 2.05) is 0 Å². The van der Waals surface area contributed by atoms with Crippen molar-refractivity contribution in [1.82, 2.24) is 15.2 Å². The molecule has 0 aliphatic carbocycles. The summed E-state index contributed by atoms with van der Waals surface area (Å²) in [6, 6.07) is 5.79. The molecule has 1 aliphatic heterocycles. The summed E-state index contributed by atoms with van der Waals surface area (Å²) in [6.45, 7) is 5.92. The third kappa shape index (κ3) is 6.19. The first-order valence-electron chi connectivity index (χ1n) is 11.5. The van der Waals surface area contributed by atoms with Gasteiger partial charge in [0, 0.05) is 24.0 Å². The lowest BCUT2D eigenvalue weighted by atomic mass is 10.0. The number of rotatable bonds is 4. The van der Waals surface area contributed by atoms with Crippen molar-refractivity contribution in [2.45, 2.75) is 39.1 Å². The lowest BCUT2D eigenvalue weighted by molar-refractivity contribution is -0.136. The van der Waals surface area contributed by atoms with E-state index in [1.165, 1.54) is 23.1 Å². The fourth-order valence-corrected chi connectivity index (χ4v) is 3.79. The van der Waals surface area contributed by atoms with Gasteiger partial charge in [-0.25, -0.2) is 14.2 Å². The number of carbonyl (C=O) groups is 2. The fraction of sp³-hybridized carbons (Fsp3) is 0.400. The maximum Gasteiger partial charge on any atom is 0.420 e. The molecule has 2 aromatic heterocycles. The van der Waals surface area contributed by atoms with Gasteiger partial charge in [0.2, 0.25) is 0 Å². The number of hydrogen-bond acceptors (Lipinski definition) is 6. The molecule has 198 valence electrons. The van der Waals surface area contributed by atoms with Gasteiger partial charge in [0.15, 0.2) is 11.5 Å². The van der Waals surface area contributed by atoms with E-state index >= 15 is 0 Å². The number of carbonyl (C=O) groups excluding carboxylic acids is 2. The molecular weight excluding hydrogens is 498 g/mol. The molecule has 3 aromatic rings. The van der Waals surface area contributed by atoms with Crippen LogP contribution in [-0.4, -0.2) is 53.8 Å². The molecule has 1 fully saturated rings. The Morgan fingerprint density at radius 1 is 1.11 bits per heavy atom. The van der Waals surface area contributed by atoms with Gasteiger partial charge in [0.25, 0.3) is 5.91 Å². The molecule has 0 saturated carbocycles. The number of alkyl halides is 3. The highest BCUT2D eigenvalue weighted by atomic mass is 19.4. The van der Waals surface area contributed by atoms with Gasteiger partial charge in [-0.05, 0) is 51.1 Å². The number of nitrogens with zero attached hydrogens (tertiary/aromatic N) is 2. The van der Waals surface area contributed by atoms with Gasteiger partial charge in [0.05, 0.1) is 31.0 Å². The molecule has 4 rings (SSSR count). The largest absolute Gasteiger partial charge is 0.459 e. The lowest BCUT2D eigenvalue weighted by Crippen LogP contribution is -2.41. The van der Waals surface area contributed by atoms with Crippen molar-refractivity contribution in [3.63, 3.8) is 0 Å². The molecule has 1 aliphatic rings. The number of benzene rings is 1. The van der Waals surface area contributed by atoms with Gasteiger partial charge in [-0.2, -0.15) is 13.2 Å². The van der Waals surface area contributed by atoms with Gasteiger partial charge >= 0.3 is 12.3 Å². The molecule has 0 bridgehead atoms. The molecule has 3 heterocycles. The summed E-state index contributed by atoms with van der Waals surface area (Å²) in [7, 11) is 0. The van der Waals surface area contributed by atoms with Gasteiger partial charge in [0.1, 0.15) is 16.9 Å². The van der Waals surface area contributed by atoms with Crippen LogP contribution in [0.5, 0.6) is 0 Å². The number of morpholine rings is 1. The van der Waals surface area contributed by atoms with E-state index < -0.39 is 46.4 Å². The van der Waals surface area contributed by atoms with Crippen molar-refractivity contribution < 1.29 is 41.0 Å². The number of alkyl carbamates (subject to hydrolysis) is 1. The zero-order chi connectivity index (χ0) is 27.0. The zero-order valence-electron chi connectivity index (χ0n) is 20.4. The minimum absolute atomic E-state index is 0.0139. The molecule has 1 saturated heterocycles. The molecule has 1 aromatic carbocycles. The third-order valence-electron chi connectivity index (χ3n) is 5.42. The highest BCUT2D eigenvalue weighted by Crippen LogP contribution is 2.39. The second-order valence-corrected chi connectivity index (χ2v) is 9.44. The van der Waals surface area contributed by atoms with E-state index in [4.69, 9.17) is 13.9 Å².